The van der Waals surface area contributed by atoms with E-state index in [0.717, 1.165) is 23.6 Å². The van der Waals surface area contributed by atoms with Gasteiger partial charge in [0.2, 0.25) is 0 Å². The summed E-state index contributed by atoms with van der Waals surface area (Å²) in [6, 6.07) is 0.501. The molecule has 1 aliphatic rings. The van der Waals surface area contributed by atoms with E-state index in [2.05, 4.69) is 36.1 Å². The summed E-state index contributed by atoms with van der Waals surface area (Å²) in [6.45, 7) is 8.74. The summed E-state index contributed by atoms with van der Waals surface area (Å²) in [5.74, 6) is 2.34. The standard InChI is InChI=1S/C15H26N4/c1-5-12-18-13(16)10(2)14(19-12)17-11-7-6-8-15(3,4)9-11/h11H,5-9H2,1-4H3,(H3,16,17,18,19). The molecule has 0 aromatic carbocycles. The first-order chi connectivity index (χ1) is 8.91. The Labute approximate surface area is 116 Å². The number of nitrogens with zero attached hydrogens (tertiary/aromatic N) is 2. The molecule has 1 aromatic rings. The lowest BCUT2D eigenvalue weighted by Crippen LogP contribution is -2.32. The minimum absolute atomic E-state index is 0.427. The molecule has 1 aromatic heterocycles. The maximum atomic E-state index is 5.96. The van der Waals surface area contributed by atoms with Crippen molar-refractivity contribution in [3.8, 4) is 0 Å². The summed E-state index contributed by atoms with van der Waals surface area (Å²) in [4.78, 5) is 8.89. The van der Waals surface area contributed by atoms with Gasteiger partial charge in [0.05, 0.1) is 0 Å². The highest BCUT2D eigenvalue weighted by atomic mass is 15.1. The van der Waals surface area contributed by atoms with Crippen LogP contribution in [0.25, 0.3) is 0 Å². The Morgan fingerprint density at radius 2 is 2.11 bits per heavy atom. The molecule has 4 heteroatoms. The molecular weight excluding hydrogens is 236 g/mol. The molecule has 1 atom stereocenters. The van der Waals surface area contributed by atoms with Crippen molar-refractivity contribution in [1.29, 1.82) is 0 Å². The zero-order valence-electron chi connectivity index (χ0n) is 12.6. The molecule has 106 valence electrons. The number of aromatic nitrogens is 2. The molecule has 1 aliphatic carbocycles. The third-order valence-electron chi connectivity index (χ3n) is 4.09. The van der Waals surface area contributed by atoms with Gasteiger partial charge in [-0.05, 0) is 31.6 Å². The lowest BCUT2D eigenvalue weighted by atomic mass is 9.75. The van der Waals surface area contributed by atoms with Crippen molar-refractivity contribution in [3.63, 3.8) is 0 Å². The monoisotopic (exact) mass is 262 g/mol. The van der Waals surface area contributed by atoms with E-state index in [0.29, 0.717) is 17.3 Å². The quantitative estimate of drug-likeness (QED) is 0.877. The van der Waals surface area contributed by atoms with Crippen molar-refractivity contribution < 1.29 is 0 Å². The van der Waals surface area contributed by atoms with Gasteiger partial charge < -0.3 is 11.1 Å². The second-order valence-corrected chi connectivity index (χ2v) is 6.45. The first kappa shape index (κ1) is 14.1. The summed E-state index contributed by atoms with van der Waals surface area (Å²) in [5, 5.41) is 3.59. The fourth-order valence-electron chi connectivity index (χ4n) is 2.90. The fraction of sp³-hybridized carbons (Fsp3) is 0.733. The maximum absolute atomic E-state index is 5.96. The Hall–Kier alpha value is -1.32. The molecule has 0 radical (unpaired) electrons. The summed E-state index contributed by atoms with van der Waals surface area (Å²) in [7, 11) is 0. The van der Waals surface area contributed by atoms with Gasteiger partial charge in [-0.15, -0.1) is 0 Å². The van der Waals surface area contributed by atoms with Crippen molar-refractivity contribution in [2.24, 2.45) is 5.41 Å². The Morgan fingerprint density at radius 1 is 1.37 bits per heavy atom. The van der Waals surface area contributed by atoms with Gasteiger partial charge in [-0.3, -0.25) is 0 Å². The molecule has 1 unspecified atom stereocenters. The lowest BCUT2D eigenvalue weighted by molar-refractivity contribution is 0.229. The molecule has 19 heavy (non-hydrogen) atoms. The molecule has 4 nitrogen and oxygen atoms in total. The molecule has 0 aliphatic heterocycles. The van der Waals surface area contributed by atoms with Crippen molar-refractivity contribution in [2.75, 3.05) is 11.1 Å². The number of aryl methyl sites for hydroxylation is 1. The molecule has 2 rings (SSSR count). The summed E-state index contributed by atoms with van der Waals surface area (Å²) >= 11 is 0. The van der Waals surface area contributed by atoms with Crippen LogP contribution < -0.4 is 11.1 Å². The molecule has 0 spiro atoms. The number of hydrogen-bond donors (Lipinski definition) is 2. The first-order valence-corrected chi connectivity index (χ1v) is 7.31. The highest BCUT2D eigenvalue weighted by molar-refractivity contribution is 5.55. The number of nitrogens with two attached hydrogens (primary N) is 1. The second kappa shape index (κ2) is 5.35. The van der Waals surface area contributed by atoms with Crippen LogP contribution in [0.5, 0.6) is 0 Å². The topological polar surface area (TPSA) is 63.8 Å². The van der Waals surface area contributed by atoms with Crippen molar-refractivity contribution >= 4 is 11.6 Å². The number of nitrogen functional groups attached to an aromatic ring is 1. The van der Waals surface area contributed by atoms with Crippen LogP contribution in [0.15, 0.2) is 0 Å². The van der Waals surface area contributed by atoms with Crippen LogP contribution in [-0.4, -0.2) is 16.0 Å². The largest absolute Gasteiger partial charge is 0.383 e. The van der Waals surface area contributed by atoms with Crippen LogP contribution in [0.4, 0.5) is 11.6 Å². The van der Waals surface area contributed by atoms with Gasteiger partial charge in [-0.25, -0.2) is 9.97 Å². The molecule has 0 saturated heterocycles. The average molecular weight is 262 g/mol. The maximum Gasteiger partial charge on any atom is 0.134 e. The number of nitrogens with one attached hydrogen (secondary N) is 1. The predicted octanol–water partition coefficient (Wildman–Crippen LogP) is 3.31. The van der Waals surface area contributed by atoms with E-state index in [1.165, 1.54) is 25.7 Å². The minimum Gasteiger partial charge on any atom is -0.383 e. The highest BCUT2D eigenvalue weighted by Gasteiger charge is 2.28. The van der Waals surface area contributed by atoms with Crippen molar-refractivity contribution in [1.82, 2.24) is 9.97 Å². The highest BCUT2D eigenvalue weighted by Crippen LogP contribution is 2.36. The third-order valence-corrected chi connectivity index (χ3v) is 4.09. The average Bonchev–Trinajstić information content (AvgIpc) is 2.33. The Balaban J connectivity index is 2.16. The number of rotatable bonds is 3. The molecule has 1 heterocycles. The smallest absolute Gasteiger partial charge is 0.134 e. The minimum atomic E-state index is 0.427. The van der Waals surface area contributed by atoms with E-state index in [1.807, 2.05) is 6.92 Å². The molecule has 1 saturated carbocycles. The molecule has 1 fully saturated rings. The van der Waals surface area contributed by atoms with Crippen LogP contribution in [0.2, 0.25) is 0 Å². The molecular formula is C15H26N4. The van der Waals surface area contributed by atoms with Crippen LogP contribution >= 0.6 is 0 Å². The van der Waals surface area contributed by atoms with Gasteiger partial charge in [0, 0.05) is 18.0 Å². The van der Waals surface area contributed by atoms with Gasteiger partial charge in [0.15, 0.2) is 0 Å². The summed E-state index contributed by atoms with van der Waals surface area (Å²) < 4.78 is 0. The van der Waals surface area contributed by atoms with E-state index in [-0.39, 0.29) is 0 Å². The van der Waals surface area contributed by atoms with E-state index < -0.39 is 0 Å². The van der Waals surface area contributed by atoms with Gasteiger partial charge in [0.1, 0.15) is 17.5 Å². The summed E-state index contributed by atoms with van der Waals surface area (Å²) in [5.41, 5.74) is 7.36. The van der Waals surface area contributed by atoms with Crippen LogP contribution in [0, 0.1) is 12.3 Å². The number of anilines is 2. The van der Waals surface area contributed by atoms with Gasteiger partial charge in [-0.1, -0.05) is 27.2 Å². The fourth-order valence-corrected chi connectivity index (χ4v) is 2.90. The van der Waals surface area contributed by atoms with Gasteiger partial charge in [0.25, 0.3) is 0 Å². The lowest BCUT2D eigenvalue weighted by Gasteiger charge is -2.36. The Bertz CT molecular complexity index is 454. The molecule has 0 amide bonds. The van der Waals surface area contributed by atoms with Gasteiger partial charge >= 0.3 is 0 Å². The van der Waals surface area contributed by atoms with Crippen LogP contribution in [-0.2, 0) is 6.42 Å². The van der Waals surface area contributed by atoms with E-state index >= 15 is 0 Å². The first-order valence-electron chi connectivity index (χ1n) is 7.31. The van der Waals surface area contributed by atoms with Crippen molar-refractivity contribution in [2.45, 2.75) is 65.8 Å². The van der Waals surface area contributed by atoms with E-state index in [9.17, 15) is 0 Å². The van der Waals surface area contributed by atoms with Gasteiger partial charge in [-0.2, -0.15) is 0 Å². The molecule has 0 bridgehead atoms. The Kier molecular flexibility index (Phi) is 3.97. The zero-order chi connectivity index (χ0) is 14.0. The second-order valence-electron chi connectivity index (χ2n) is 6.45. The van der Waals surface area contributed by atoms with E-state index in [1.54, 1.807) is 0 Å². The van der Waals surface area contributed by atoms with Crippen LogP contribution in [0.1, 0.15) is 57.8 Å². The summed E-state index contributed by atoms with van der Waals surface area (Å²) in [6.07, 6.45) is 5.82. The molecule has 3 N–H and O–H groups in total. The van der Waals surface area contributed by atoms with Crippen molar-refractivity contribution in [3.05, 3.63) is 11.4 Å². The zero-order valence-corrected chi connectivity index (χ0v) is 12.6. The SMILES string of the molecule is CCc1nc(N)c(C)c(NC2CCCC(C)(C)C2)n1. The normalized spacial score (nSPS) is 22.2. The third kappa shape index (κ3) is 3.37. The van der Waals surface area contributed by atoms with Crippen LogP contribution in [0.3, 0.4) is 0 Å². The predicted molar refractivity (Wildman–Crippen MR) is 80.2 cm³/mol. The van der Waals surface area contributed by atoms with E-state index in [4.69, 9.17) is 5.73 Å². The Morgan fingerprint density at radius 3 is 2.74 bits per heavy atom. The number of hydrogen-bond acceptors (Lipinski definition) is 4.